The molecule has 0 aromatic carbocycles. The predicted molar refractivity (Wildman–Crippen MR) is 54.2 cm³/mol. The number of rotatable bonds is 0. The third-order valence-electron chi connectivity index (χ3n) is 3.86. The highest BCUT2D eigenvalue weighted by atomic mass is 127. The summed E-state index contributed by atoms with van der Waals surface area (Å²) in [6, 6.07) is 0. The van der Waals surface area contributed by atoms with Crippen molar-refractivity contribution in [2.45, 2.75) is 35.5 Å². The molecule has 1 N–H and O–H groups in total. The molecule has 0 aliphatic heterocycles. The molecule has 2 aliphatic carbocycles. The second-order valence-electron chi connectivity index (χ2n) is 4.53. The third kappa shape index (κ3) is 1.24. The minimum absolute atomic E-state index is 0.0435. The number of hydrogen-bond acceptors (Lipinski definition) is 1. The lowest BCUT2D eigenvalue weighted by Gasteiger charge is -2.39. The van der Waals surface area contributed by atoms with Crippen molar-refractivity contribution in [2.24, 2.45) is 17.8 Å². The molecule has 0 aromatic rings. The highest BCUT2D eigenvalue weighted by molar-refractivity contribution is 14.1. The molecule has 2 rings (SSSR count). The van der Waals surface area contributed by atoms with Crippen LogP contribution in [0.2, 0.25) is 0 Å². The molecule has 5 unspecified atom stereocenters. The van der Waals surface area contributed by atoms with Gasteiger partial charge in [0.05, 0.1) is 0 Å². The lowest BCUT2D eigenvalue weighted by atomic mass is 9.79. The first kappa shape index (κ1) is 11.0. The quantitative estimate of drug-likeness (QED) is 0.537. The number of halogens is 4. The highest BCUT2D eigenvalue weighted by Crippen LogP contribution is 2.60. The van der Waals surface area contributed by atoms with E-state index in [1.807, 2.05) is 6.92 Å². The first-order valence-electron chi connectivity index (χ1n) is 4.70. The summed E-state index contributed by atoms with van der Waals surface area (Å²) in [5.41, 5.74) is -2.41. The molecule has 0 spiro atoms. The number of alkyl halides is 4. The van der Waals surface area contributed by atoms with Gasteiger partial charge >= 0.3 is 6.18 Å². The maximum Gasteiger partial charge on any atom is 0.417 e. The van der Waals surface area contributed by atoms with Crippen molar-refractivity contribution in [3.05, 3.63) is 0 Å². The van der Waals surface area contributed by atoms with Crippen molar-refractivity contribution in [1.29, 1.82) is 0 Å². The minimum atomic E-state index is -4.46. The molecule has 5 heteroatoms. The second kappa shape index (κ2) is 2.99. The lowest BCUT2D eigenvalue weighted by molar-refractivity contribution is -0.277. The molecule has 82 valence electrons. The van der Waals surface area contributed by atoms with Gasteiger partial charge < -0.3 is 5.11 Å². The Morgan fingerprint density at radius 2 is 2.00 bits per heavy atom. The molecule has 0 amide bonds. The fraction of sp³-hybridized carbons (Fsp3) is 1.00. The van der Waals surface area contributed by atoms with E-state index >= 15 is 0 Å². The Balaban J connectivity index is 2.28. The Hall–Kier alpha value is 0.480. The minimum Gasteiger partial charge on any atom is -0.380 e. The third-order valence-corrected chi connectivity index (χ3v) is 5.87. The van der Waals surface area contributed by atoms with Crippen molar-refractivity contribution in [1.82, 2.24) is 0 Å². The fourth-order valence-corrected chi connectivity index (χ4v) is 4.38. The first-order valence-corrected chi connectivity index (χ1v) is 5.95. The van der Waals surface area contributed by atoms with E-state index < -0.39 is 17.7 Å². The molecule has 5 atom stereocenters. The molecule has 0 heterocycles. The van der Waals surface area contributed by atoms with Gasteiger partial charge in [0.15, 0.2) is 5.60 Å². The van der Waals surface area contributed by atoms with Crippen LogP contribution in [0.4, 0.5) is 13.2 Å². The Morgan fingerprint density at radius 3 is 2.36 bits per heavy atom. The van der Waals surface area contributed by atoms with E-state index in [-0.39, 0.29) is 16.3 Å². The van der Waals surface area contributed by atoms with Gasteiger partial charge in [-0.1, -0.05) is 29.5 Å². The summed E-state index contributed by atoms with van der Waals surface area (Å²) in [6.07, 6.45) is -4.03. The monoisotopic (exact) mass is 320 g/mol. The molecule has 0 radical (unpaired) electrons. The number of hydrogen-bond donors (Lipinski definition) is 1. The SMILES string of the molecule is CC1C2CC(C1I)C(O)(C(F)(F)F)C2. The lowest BCUT2D eigenvalue weighted by Crippen LogP contribution is -2.53. The predicted octanol–water partition coefficient (Wildman–Crippen LogP) is 2.76. The highest BCUT2D eigenvalue weighted by Gasteiger charge is 2.68. The van der Waals surface area contributed by atoms with Crippen LogP contribution in [-0.2, 0) is 0 Å². The summed E-state index contributed by atoms with van der Waals surface area (Å²) in [5, 5.41) is 9.68. The van der Waals surface area contributed by atoms with Crippen molar-refractivity contribution < 1.29 is 18.3 Å². The van der Waals surface area contributed by atoms with Gasteiger partial charge in [-0.2, -0.15) is 13.2 Å². The van der Waals surface area contributed by atoms with Crippen LogP contribution in [0.1, 0.15) is 19.8 Å². The molecule has 2 aliphatic rings. The first-order chi connectivity index (χ1) is 6.27. The summed E-state index contributed by atoms with van der Waals surface area (Å²) in [6.45, 7) is 1.98. The van der Waals surface area contributed by atoms with E-state index in [0.717, 1.165) is 0 Å². The van der Waals surface area contributed by atoms with Crippen LogP contribution in [0, 0.1) is 17.8 Å². The van der Waals surface area contributed by atoms with E-state index in [2.05, 4.69) is 22.6 Å². The van der Waals surface area contributed by atoms with Gasteiger partial charge in [-0.05, 0) is 24.7 Å². The van der Waals surface area contributed by atoms with Crippen LogP contribution in [0.15, 0.2) is 0 Å². The summed E-state index contributed by atoms with van der Waals surface area (Å²) >= 11 is 2.06. The summed E-state index contributed by atoms with van der Waals surface area (Å²) < 4.78 is 37.9. The van der Waals surface area contributed by atoms with Crippen molar-refractivity contribution in [3.8, 4) is 0 Å². The van der Waals surface area contributed by atoms with Crippen molar-refractivity contribution >= 4 is 22.6 Å². The molecule has 2 saturated carbocycles. The van der Waals surface area contributed by atoms with Crippen molar-refractivity contribution in [3.63, 3.8) is 0 Å². The van der Waals surface area contributed by atoms with Crippen molar-refractivity contribution in [2.75, 3.05) is 0 Å². The Labute approximate surface area is 94.2 Å². The number of aliphatic hydroxyl groups is 1. The zero-order chi connectivity index (χ0) is 10.7. The van der Waals surface area contributed by atoms with E-state index in [1.54, 1.807) is 0 Å². The van der Waals surface area contributed by atoms with E-state index in [1.165, 1.54) is 0 Å². The van der Waals surface area contributed by atoms with Crippen LogP contribution in [0.25, 0.3) is 0 Å². The molecule has 1 nitrogen and oxygen atoms in total. The van der Waals surface area contributed by atoms with Gasteiger partial charge in [-0.3, -0.25) is 0 Å². The maximum atomic E-state index is 12.6. The van der Waals surface area contributed by atoms with Gasteiger partial charge in [0.2, 0.25) is 0 Å². The van der Waals surface area contributed by atoms with Gasteiger partial charge in [0.25, 0.3) is 0 Å². The van der Waals surface area contributed by atoms with Gasteiger partial charge in [0, 0.05) is 9.84 Å². The molecule has 0 saturated heterocycles. The van der Waals surface area contributed by atoms with E-state index in [4.69, 9.17) is 0 Å². The molecular weight excluding hydrogens is 308 g/mol. The summed E-state index contributed by atoms with van der Waals surface area (Å²) in [5.74, 6) is -0.236. The molecule has 14 heavy (non-hydrogen) atoms. The smallest absolute Gasteiger partial charge is 0.380 e. The molecule has 0 aromatic heterocycles. The normalized spacial score (nSPS) is 52.7. The molecule has 2 bridgehead atoms. The van der Waals surface area contributed by atoms with Crippen LogP contribution >= 0.6 is 22.6 Å². The van der Waals surface area contributed by atoms with E-state index in [0.29, 0.717) is 12.3 Å². The zero-order valence-electron chi connectivity index (χ0n) is 7.68. The Bertz CT molecular complexity index is 253. The van der Waals surface area contributed by atoms with Crippen LogP contribution in [0.5, 0.6) is 0 Å². The average molecular weight is 320 g/mol. The van der Waals surface area contributed by atoms with Gasteiger partial charge in [-0.25, -0.2) is 0 Å². The van der Waals surface area contributed by atoms with E-state index in [9.17, 15) is 18.3 Å². The average Bonchev–Trinajstić information content (AvgIpc) is 2.50. The Kier molecular flexibility index (Phi) is 2.35. The van der Waals surface area contributed by atoms with Gasteiger partial charge in [-0.15, -0.1) is 0 Å². The molecular formula is C9H12F3IO. The largest absolute Gasteiger partial charge is 0.417 e. The fourth-order valence-electron chi connectivity index (χ4n) is 2.90. The topological polar surface area (TPSA) is 20.2 Å². The van der Waals surface area contributed by atoms with Gasteiger partial charge in [0.1, 0.15) is 0 Å². The summed E-state index contributed by atoms with van der Waals surface area (Å²) in [4.78, 5) is 0. The maximum absolute atomic E-state index is 12.6. The Morgan fingerprint density at radius 1 is 1.43 bits per heavy atom. The van der Waals surface area contributed by atoms with Crippen LogP contribution in [0.3, 0.4) is 0 Å². The number of fused-ring (bicyclic) bond motifs is 2. The standard InChI is InChI=1S/C9H12F3IO/c1-4-5-2-6(7(4)13)8(14,3-5)9(10,11)12/h4-7,14H,2-3H2,1H3. The van der Waals surface area contributed by atoms with Crippen LogP contribution < -0.4 is 0 Å². The second-order valence-corrected chi connectivity index (χ2v) is 5.97. The summed E-state index contributed by atoms with van der Waals surface area (Å²) in [7, 11) is 0. The van der Waals surface area contributed by atoms with Crippen LogP contribution in [-0.4, -0.2) is 20.8 Å². The zero-order valence-corrected chi connectivity index (χ0v) is 9.84. The molecule has 2 fully saturated rings.